The summed E-state index contributed by atoms with van der Waals surface area (Å²) in [6.45, 7) is 6.24. The van der Waals surface area contributed by atoms with E-state index in [4.69, 9.17) is 4.74 Å². The summed E-state index contributed by atoms with van der Waals surface area (Å²) in [6.07, 6.45) is 16.7. The Morgan fingerprint density at radius 3 is 2.48 bits per heavy atom. The number of rotatable bonds is 11. The molecule has 0 N–H and O–H groups in total. The zero-order valence-electron chi connectivity index (χ0n) is 13.9. The number of hydrogen-bond acceptors (Lipinski definition) is 2. The molecule has 0 aromatic heterocycles. The summed E-state index contributed by atoms with van der Waals surface area (Å²) >= 11 is 0. The molecule has 1 fully saturated rings. The summed E-state index contributed by atoms with van der Waals surface area (Å²) < 4.78 is 5.35. The molecule has 0 bridgehead atoms. The van der Waals surface area contributed by atoms with Crippen molar-refractivity contribution < 1.29 is 9.53 Å². The van der Waals surface area contributed by atoms with Gasteiger partial charge in [-0.1, -0.05) is 77.4 Å². The van der Waals surface area contributed by atoms with Crippen molar-refractivity contribution in [3.05, 3.63) is 12.7 Å². The van der Waals surface area contributed by atoms with E-state index >= 15 is 0 Å². The van der Waals surface area contributed by atoms with Crippen molar-refractivity contribution in [2.24, 2.45) is 11.8 Å². The molecular weight excluding hydrogens is 260 g/mol. The van der Waals surface area contributed by atoms with Gasteiger partial charge in [-0.3, -0.25) is 4.79 Å². The zero-order valence-corrected chi connectivity index (χ0v) is 13.9. The number of carbonyl (C=O) groups excluding carboxylic acids is 1. The van der Waals surface area contributed by atoms with E-state index in [1.165, 1.54) is 70.6 Å². The predicted octanol–water partition coefficient (Wildman–Crippen LogP) is 5.66. The first-order chi connectivity index (χ1) is 10.3. The van der Waals surface area contributed by atoms with Crippen LogP contribution in [0.4, 0.5) is 0 Å². The van der Waals surface area contributed by atoms with Crippen LogP contribution in [0.2, 0.25) is 0 Å². The number of unbranched alkanes of at least 4 members (excludes halogenated alkanes) is 5. The molecule has 1 rings (SSSR count). The van der Waals surface area contributed by atoms with Gasteiger partial charge in [0.25, 0.3) is 0 Å². The van der Waals surface area contributed by atoms with Gasteiger partial charge in [0.15, 0.2) is 0 Å². The van der Waals surface area contributed by atoms with Crippen molar-refractivity contribution in [1.29, 1.82) is 0 Å². The molecule has 0 heterocycles. The highest BCUT2D eigenvalue weighted by atomic mass is 16.5. The largest absolute Gasteiger partial charge is 0.461 e. The lowest BCUT2D eigenvalue weighted by atomic mass is 9.78. The van der Waals surface area contributed by atoms with Gasteiger partial charge in [0.1, 0.15) is 6.61 Å². The maximum Gasteiger partial charge on any atom is 0.309 e. The van der Waals surface area contributed by atoms with Gasteiger partial charge in [-0.25, -0.2) is 0 Å². The lowest BCUT2D eigenvalue weighted by molar-refractivity contribution is -0.150. The van der Waals surface area contributed by atoms with Crippen molar-refractivity contribution in [2.75, 3.05) is 6.61 Å². The van der Waals surface area contributed by atoms with E-state index in [0.29, 0.717) is 12.5 Å². The van der Waals surface area contributed by atoms with Gasteiger partial charge < -0.3 is 4.74 Å². The molecule has 0 spiro atoms. The van der Waals surface area contributed by atoms with Crippen LogP contribution in [-0.4, -0.2) is 12.6 Å². The summed E-state index contributed by atoms with van der Waals surface area (Å²) in [5, 5.41) is 0. The number of ether oxygens (including phenoxy) is 1. The molecule has 21 heavy (non-hydrogen) atoms. The van der Waals surface area contributed by atoms with Gasteiger partial charge in [-0.05, 0) is 25.2 Å². The first-order valence-electron chi connectivity index (χ1n) is 9.07. The van der Waals surface area contributed by atoms with Gasteiger partial charge in [-0.15, -0.1) is 0 Å². The maximum atomic E-state index is 12.3. The zero-order chi connectivity index (χ0) is 15.3. The fourth-order valence-corrected chi connectivity index (χ4v) is 3.48. The Morgan fingerprint density at radius 1 is 1.14 bits per heavy atom. The monoisotopic (exact) mass is 294 g/mol. The third-order valence-corrected chi connectivity index (χ3v) is 4.73. The van der Waals surface area contributed by atoms with Crippen molar-refractivity contribution in [1.82, 2.24) is 0 Å². The SMILES string of the molecule is C=CCOC(=O)C(CCCCCCCC)C1CCCCC1. The van der Waals surface area contributed by atoms with Gasteiger partial charge in [0.05, 0.1) is 5.92 Å². The quantitative estimate of drug-likeness (QED) is 0.279. The average Bonchev–Trinajstić information content (AvgIpc) is 2.53. The Kier molecular flexibility index (Phi) is 10.3. The minimum absolute atomic E-state index is 0.0235. The van der Waals surface area contributed by atoms with Gasteiger partial charge in [-0.2, -0.15) is 0 Å². The smallest absolute Gasteiger partial charge is 0.309 e. The third kappa shape index (κ3) is 7.68. The van der Waals surface area contributed by atoms with Crippen LogP contribution in [0.1, 0.15) is 84.0 Å². The second-order valence-corrected chi connectivity index (χ2v) is 6.48. The van der Waals surface area contributed by atoms with Crippen LogP contribution in [0.3, 0.4) is 0 Å². The third-order valence-electron chi connectivity index (χ3n) is 4.73. The van der Waals surface area contributed by atoms with Crippen molar-refractivity contribution in [3.63, 3.8) is 0 Å². The molecule has 1 saturated carbocycles. The van der Waals surface area contributed by atoms with E-state index in [-0.39, 0.29) is 11.9 Å². The Morgan fingerprint density at radius 2 is 1.81 bits per heavy atom. The first kappa shape index (κ1) is 18.3. The van der Waals surface area contributed by atoms with Crippen LogP contribution in [0.5, 0.6) is 0 Å². The van der Waals surface area contributed by atoms with Gasteiger partial charge in [0, 0.05) is 0 Å². The second-order valence-electron chi connectivity index (χ2n) is 6.48. The fraction of sp³-hybridized carbons (Fsp3) is 0.842. The van der Waals surface area contributed by atoms with Gasteiger partial charge in [0.2, 0.25) is 0 Å². The lowest BCUT2D eigenvalue weighted by Crippen LogP contribution is -2.27. The van der Waals surface area contributed by atoms with Gasteiger partial charge >= 0.3 is 5.97 Å². The summed E-state index contributed by atoms with van der Waals surface area (Å²) in [5.41, 5.74) is 0. The topological polar surface area (TPSA) is 26.3 Å². The predicted molar refractivity (Wildman–Crippen MR) is 89.2 cm³/mol. The molecule has 1 aliphatic rings. The molecule has 2 nitrogen and oxygen atoms in total. The van der Waals surface area contributed by atoms with Crippen molar-refractivity contribution >= 4 is 5.97 Å². The number of carbonyl (C=O) groups is 1. The first-order valence-corrected chi connectivity index (χ1v) is 9.07. The molecule has 1 unspecified atom stereocenters. The van der Waals surface area contributed by atoms with Crippen molar-refractivity contribution in [3.8, 4) is 0 Å². The van der Waals surface area contributed by atoms with E-state index in [1.54, 1.807) is 6.08 Å². The Bertz CT molecular complexity index is 279. The highest BCUT2D eigenvalue weighted by molar-refractivity contribution is 5.72. The molecule has 122 valence electrons. The molecule has 0 aliphatic heterocycles. The van der Waals surface area contributed by atoms with Crippen LogP contribution in [0.25, 0.3) is 0 Å². The number of hydrogen-bond donors (Lipinski definition) is 0. The number of esters is 1. The highest BCUT2D eigenvalue weighted by Gasteiger charge is 2.30. The normalized spacial score (nSPS) is 17.4. The van der Waals surface area contributed by atoms with Crippen LogP contribution in [0, 0.1) is 11.8 Å². The molecule has 1 atom stereocenters. The van der Waals surface area contributed by atoms with E-state index < -0.39 is 0 Å². The summed E-state index contributed by atoms with van der Waals surface area (Å²) in [5.74, 6) is 0.721. The summed E-state index contributed by atoms with van der Waals surface area (Å²) in [6, 6.07) is 0. The standard InChI is InChI=1S/C19H34O2/c1-3-5-6-7-8-12-15-18(19(20)21-16-4-2)17-13-10-9-11-14-17/h4,17-18H,2-3,5-16H2,1H3. The highest BCUT2D eigenvalue weighted by Crippen LogP contribution is 2.33. The molecule has 1 aliphatic carbocycles. The van der Waals surface area contributed by atoms with E-state index in [1.807, 2.05) is 0 Å². The molecular formula is C19H34O2. The van der Waals surface area contributed by atoms with Crippen LogP contribution < -0.4 is 0 Å². The lowest BCUT2D eigenvalue weighted by Gasteiger charge is -2.28. The van der Waals surface area contributed by atoms with Crippen LogP contribution in [-0.2, 0) is 9.53 Å². The Hall–Kier alpha value is -0.790. The van der Waals surface area contributed by atoms with E-state index in [9.17, 15) is 4.79 Å². The fourth-order valence-electron chi connectivity index (χ4n) is 3.48. The van der Waals surface area contributed by atoms with Crippen LogP contribution >= 0.6 is 0 Å². The Balaban J connectivity index is 2.35. The summed E-state index contributed by atoms with van der Waals surface area (Å²) in [7, 11) is 0. The van der Waals surface area contributed by atoms with Crippen molar-refractivity contribution in [2.45, 2.75) is 84.0 Å². The molecule has 0 aromatic carbocycles. The molecule has 0 saturated heterocycles. The molecule has 0 amide bonds. The summed E-state index contributed by atoms with van der Waals surface area (Å²) in [4.78, 5) is 12.3. The molecule has 2 heteroatoms. The minimum atomic E-state index is 0.0235. The van der Waals surface area contributed by atoms with E-state index in [0.717, 1.165) is 6.42 Å². The van der Waals surface area contributed by atoms with Crippen LogP contribution in [0.15, 0.2) is 12.7 Å². The van der Waals surface area contributed by atoms with E-state index in [2.05, 4.69) is 13.5 Å². The second kappa shape index (κ2) is 11.8. The minimum Gasteiger partial charge on any atom is -0.461 e. The molecule has 0 aromatic rings. The Labute approximate surface area is 131 Å². The maximum absolute atomic E-state index is 12.3. The average molecular weight is 294 g/mol. The molecule has 0 radical (unpaired) electrons.